The Hall–Kier alpha value is -3.51. The van der Waals surface area contributed by atoms with E-state index in [9.17, 15) is 9.59 Å². The fourth-order valence-corrected chi connectivity index (χ4v) is 3.11. The molecule has 2 aromatic rings. The van der Waals surface area contributed by atoms with Crippen LogP contribution in [0.4, 0.5) is 4.79 Å². The predicted molar refractivity (Wildman–Crippen MR) is 95.2 cm³/mol. The number of nitrogens with two attached hydrogens (primary N) is 1. The number of primary amides is 1. The lowest BCUT2D eigenvalue weighted by Crippen LogP contribution is -2.46. The number of nitrogens with zero attached hydrogens (tertiary/aromatic N) is 3. The second kappa shape index (κ2) is 7.58. The molecule has 0 saturated heterocycles. The molecule has 0 spiro atoms. The van der Waals surface area contributed by atoms with Crippen LogP contribution in [0, 0.1) is 0 Å². The van der Waals surface area contributed by atoms with Gasteiger partial charge in [0.1, 0.15) is 12.6 Å². The summed E-state index contributed by atoms with van der Waals surface area (Å²) in [6, 6.07) is 14.8. The smallest absolute Gasteiger partial charge is 0.407 e. The zero-order valence-corrected chi connectivity index (χ0v) is 13.8. The van der Waals surface area contributed by atoms with E-state index in [0.29, 0.717) is 0 Å². The van der Waals surface area contributed by atoms with E-state index in [4.69, 9.17) is 16.0 Å². The highest BCUT2D eigenvalue weighted by molar-refractivity contribution is 5.84. The standard InChI is InChI=1S/C18H17N5O3/c19-17(24)16(9-21-23-20)22-18(25)26-10-15-13-7-3-1-5-11(13)12-6-2-4-8-14(12)15/h1-8,15-16H,9-10H2,(H2,19,24)(H,22,25). The number of alkyl carbamates (subject to hydrolysis) is 1. The minimum absolute atomic E-state index is 0.0858. The van der Waals surface area contributed by atoms with E-state index in [2.05, 4.69) is 15.3 Å². The Morgan fingerprint density at radius 2 is 1.73 bits per heavy atom. The number of ether oxygens (including phenoxy) is 1. The van der Waals surface area contributed by atoms with E-state index < -0.39 is 18.0 Å². The molecule has 8 nitrogen and oxygen atoms in total. The second-order valence-electron chi connectivity index (χ2n) is 5.84. The maximum absolute atomic E-state index is 12.0. The van der Waals surface area contributed by atoms with Gasteiger partial charge in [-0.05, 0) is 27.8 Å². The molecule has 1 atom stereocenters. The van der Waals surface area contributed by atoms with Gasteiger partial charge in [0, 0.05) is 10.8 Å². The average molecular weight is 351 g/mol. The summed E-state index contributed by atoms with van der Waals surface area (Å²) in [6.07, 6.45) is -0.788. The number of carbonyl (C=O) groups is 2. The number of nitrogens with one attached hydrogen (secondary N) is 1. The van der Waals surface area contributed by atoms with Gasteiger partial charge in [0.2, 0.25) is 5.91 Å². The number of azide groups is 1. The van der Waals surface area contributed by atoms with Crippen molar-refractivity contribution >= 4 is 12.0 Å². The van der Waals surface area contributed by atoms with Crippen LogP contribution in [-0.2, 0) is 9.53 Å². The van der Waals surface area contributed by atoms with Crippen LogP contribution in [0.3, 0.4) is 0 Å². The van der Waals surface area contributed by atoms with Crippen molar-refractivity contribution in [3.8, 4) is 11.1 Å². The van der Waals surface area contributed by atoms with Crippen LogP contribution < -0.4 is 11.1 Å². The zero-order chi connectivity index (χ0) is 18.5. The minimum Gasteiger partial charge on any atom is -0.449 e. The van der Waals surface area contributed by atoms with Crippen LogP contribution in [0.15, 0.2) is 53.6 Å². The molecule has 1 aliphatic rings. The summed E-state index contributed by atoms with van der Waals surface area (Å²) >= 11 is 0. The lowest BCUT2D eigenvalue weighted by molar-refractivity contribution is -0.119. The number of hydrogen-bond donors (Lipinski definition) is 2. The van der Waals surface area contributed by atoms with Gasteiger partial charge < -0.3 is 15.8 Å². The molecule has 3 N–H and O–H groups in total. The van der Waals surface area contributed by atoms with Crippen molar-refractivity contribution in [1.82, 2.24) is 5.32 Å². The van der Waals surface area contributed by atoms with Crippen LogP contribution in [0.5, 0.6) is 0 Å². The quantitative estimate of drug-likeness (QED) is 0.471. The highest BCUT2D eigenvalue weighted by Gasteiger charge is 2.29. The molecule has 0 heterocycles. The van der Waals surface area contributed by atoms with E-state index in [1.807, 2.05) is 48.5 Å². The minimum atomic E-state index is -1.11. The van der Waals surface area contributed by atoms with Crippen LogP contribution >= 0.6 is 0 Å². The summed E-state index contributed by atoms with van der Waals surface area (Å²) in [6.45, 7) is -0.150. The molecule has 132 valence electrons. The highest BCUT2D eigenvalue weighted by atomic mass is 16.5. The fourth-order valence-electron chi connectivity index (χ4n) is 3.11. The Morgan fingerprint density at radius 3 is 2.27 bits per heavy atom. The van der Waals surface area contributed by atoms with E-state index in [1.165, 1.54) is 0 Å². The van der Waals surface area contributed by atoms with Crippen molar-refractivity contribution in [2.24, 2.45) is 10.8 Å². The lowest BCUT2D eigenvalue weighted by Gasteiger charge is -2.16. The molecular formula is C18H17N5O3. The van der Waals surface area contributed by atoms with Crippen LogP contribution in [0.2, 0.25) is 0 Å². The van der Waals surface area contributed by atoms with Gasteiger partial charge in [-0.2, -0.15) is 0 Å². The van der Waals surface area contributed by atoms with Crippen LogP contribution in [0.25, 0.3) is 21.6 Å². The van der Waals surface area contributed by atoms with E-state index in [0.717, 1.165) is 22.3 Å². The molecule has 1 aliphatic carbocycles. The topological polar surface area (TPSA) is 130 Å². The highest BCUT2D eigenvalue weighted by Crippen LogP contribution is 2.44. The summed E-state index contributed by atoms with van der Waals surface area (Å²) in [5.41, 5.74) is 17.9. The summed E-state index contributed by atoms with van der Waals surface area (Å²) < 4.78 is 5.31. The number of rotatable bonds is 6. The van der Waals surface area contributed by atoms with Gasteiger partial charge in [-0.25, -0.2) is 4.79 Å². The first kappa shape index (κ1) is 17.3. The van der Waals surface area contributed by atoms with Crippen LogP contribution in [-0.4, -0.2) is 31.2 Å². The van der Waals surface area contributed by atoms with Crippen molar-refractivity contribution in [2.45, 2.75) is 12.0 Å². The number of fused-ring (bicyclic) bond motifs is 3. The SMILES string of the molecule is [N-]=[N+]=NCC(NC(=O)OCC1c2ccccc2-c2ccccc21)C(N)=O. The van der Waals surface area contributed by atoms with Gasteiger partial charge in [-0.1, -0.05) is 53.6 Å². The number of amides is 2. The summed E-state index contributed by atoms with van der Waals surface area (Å²) in [5.74, 6) is -0.886. The van der Waals surface area contributed by atoms with Gasteiger partial charge in [-0.15, -0.1) is 0 Å². The molecule has 3 rings (SSSR count). The monoisotopic (exact) mass is 351 g/mol. The number of hydrogen-bond acceptors (Lipinski definition) is 4. The first-order valence-corrected chi connectivity index (χ1v) is 8.03. The molecule has 0 aromatic heterocycles. The van der Waals surface area contributed by atoms with Gasteiger partial charge in [-0.3, -0.25) is 4.79 Å². The number of benzene rings is 2. The molecule has 8 heteroatoms. The van der Waals surface area contributed by atoms with Gasteiger partial charge in [0.05, 0.1) is 6.54 Å². The molecule has 2 aromatic carbocycles. The van der Waals surface area contributed by atoms with Crippen molar-refractivity contribution in [3.05, 3.63) is 70.1 Å². The second-order valence-corrected chi connectivity index (χ2v) is 5.84. The molecule has 0 radical (unpaired) electrons. The Bertz CT molecular complexity index is 846. The molecular weight excluding hydrogens is 334 g/mol. The van der Waals surface area contributed by atoms with Gasteiger partial charge >= 0.3 is 6.09 Å². The third-order valence-electron chi connectivity index (χ3n) is 4.31. The molecule has 26 heavy (non-hydrogen) atoms. The van der Waals surface area contributed by atoms with E-state index in [1.54, 1.807) is 0 Å². The van der Waals surface area contributed by atoms with E-state index >= 15 is 0 Å². The maximum Gasteiger partial charge on any atom is 0.407 e. The normalized spacial score (nSPS) is 13.1. The van der Waals surface area contributed by atoms with Crippen molar-refractivity contribution in [2.75, 3.05) is 13.2 Å². The van der Waals surface area contributed by atoms with Crippen molar-refractivity contribution in [1.29, 1.82) is 0 Å². The fraction of sp³-hybridized carbons (Fsp3) is 0.222. The van der Waals surface area contributed by atoms with Crippen LogP contribution in [0.1, 0.15) is 17.0 Å². The molecule has 2 amide bonds. The Morgan fingerprint density at radius 1 is 1.15 bits per heavy atom. The molecule has 1 unspecified atom stereocenters. The summed E-state index contributed by atoms with van der Waals surface area (Å²) in [4.78, 5) is 25.9. The third-order valence-corrected chi connectivity index (χ3v) is 4.31. The summed E-state index contributed by atoms with van der Waals surface area (Å²) in [7, 11) is 0. The summed E-state index contributed by atoms with van der Waals surface area (Å²) in [5, 5.41) is 5.58. The first-order valence-electron chi connectivity index (χ1n) is 8.03. The largest absolute Gasteiger partial charge is 0.449 e. The van der Waals surface area contributed by atoms with Gasteiger partial charge in [0.25, 0.3) is 0 Å². The molecule has 0 saturated carbocycles. The maximum atomic E-state index is 12.0. The Balaban J connectivity index is 1.70. The molecule has 0 aliphatic heterocycles. The molecule has 0 bridgehead atoms. The molecule has 0 fully saturated rings. The number of carbonyl (C=O) groups excluding carboxylic acids is 2. The lowest BCUT2D eigenvalue weighted by atomic mass is 9.98. The van der Waals surface area contributed by atoms with E-state index in [-0.39, 0.29) is 19.1 Å². The van der Waals surface area contributed by atoms with Crippen molar-refractivity contribution in [3.63, 3.8) is 0 Å². The predicted octanol–water partition coefficient (Wildman–Crippen LogP) is 2.69. The zero-order valence-electron chi connectivity index (χ0n) is 13.8. The Kier molecular flexibility index (Phi) is 5.05. The average Bonchev–Trinajstić information content (AvgIpc) is 2.97. The van der Waals surface area contributed by atoms with Crippen molar-refractivity contribution < 1.29 is 14.3 Å². The Labute approximate surface area is 149 Å². The van der Waals surface area contributed by atoms with Gasteiger partial charge in [0.15, 0.2) is 0 Å². The third kappa shape index (κ3) is 3.45. The first-order chi connectivity index (χ1) is 12.6.